The summed E-state index contributed by atoms with van der Waals surface area (Å²) in [5.41, 5.74) is 5.65. The second kappa shape index (κ2) is 6.41. The topological polar surface area (TPSA) is 55.1 Å². The van der Waals surface area contributed by atoms with Crippen LogP contribution in [0.25, 0.3) is 0 Å². The van der Waals surface area contributed by atoms with E-state index in [0.717, 1.165) is 6.42 Å². The Kier molecular flexibility index (Phi) is 5.44. The third-order valence-electron chi connectivity index (χ3n) is 3.47. The first-order chi connectivity index (χ1) is 8.34. The molecule has 0 spiro atoms. The van der Waals surface area contributed by atoms with E-state index in [0.29, 0.717) is 19.3 Å². The van der Waals surface area contributed by atoms with Crippen LogP contribution in [-0.4, -0.2) is 24.2 Å². The number of rotatable bonds is 4. The molecule has 6 heteroatoms. The molecule has 0 heterocycles. The van der Waals surface area contributed by atoms with Gasteiger partial charge in [-0.05, 0) is 32.1 Å². The molecule has 1 amide bonds. The molecule has 0 saturated heterocycles. The van der Waals surface area contributed by atoms with Crippen molar-refractivity contribution in [3.05, 3.63) is 0 Å². The summed E-state index contributed by atoms with van der Waals surface area (Å²) in [5.74, 6) is -1.46. The predicted molar refractivity (Wildman–Crippen MR) is 62.8 cm³/mol. The van der Waals surface area contributed by atoms with Crippen LogP contribution in [0.15, 0.2) is 0 Å². The van der Waals surface area contributed by atoms with Crippen molar-refractivity contribution in [2.45, 2.75) is 63.7 Å². The molecule has 1 atom stereocenters. The van der Waals surface area contributed by atoms with Crippen molar-refractivity contribution in [1.82, 2.24) is 5.32 Å². The van der Waals surface area contributed by atoms with E-state index in [2.05, 4.69) is 5.32 Å². The van der Waals surface area contributed by atoms with Gasteiger partial charge in [0.1, 0.15) is 0 Å². The molecular formula is C12H21F3N2O. The summed E-state index contributed by atoms with van der Waals surface area (Å²) in [6.45, 7) is 1.93. The van der Waals surface area contributed by atoms with Gasteiger partial charge in [-0.15, -0.1) is 0 Å². The average Bonchev–Trinajstić information content (AvgIpc) is 2.28. The monoisotopic (exact) mass is 266 g/mol. The number of halogens is 3. The smallest absolute Gasteiger partial charge is 0.352 e. The first kappa shape index (κ1) is 15.3. The molecule has 1 unspecified atom stereocenters. The second-order valence-corrected chi connectivity index (χ2v) is 4.99. The minimum Gasteiger partial charge on any atom is -0.352 e. The zero-order valence-electron chi connectivity index (χ0n) is 10.6. The minimum absolute atomic E-state index is 0.0947. The van der Waals surface area contributed by atoms with E-state index in [9.17, 15) is 18.0 Å². The Bertz CT molecular complexity index is 273. The summed E-state index contributed by atoms with van der Waals surface area (Å²) in [5, 5.41) is 2.74. The van der Waals surface area contributed by atoms with Crippen LogP contribution >= 0.6 is 0 Å². The van der Waals surface area contributed by atoms with Crippen LogP contribution in [0.2, 0.25) is 0 Å². The molecule has 0 aliphatic heterocycles. The highest BCUT2D eigenvalue weighted by Crippen LogP contribution is 2.37. The maximum Gasteiger partial charge on any atom is 0.391 e. The Morgan fingerprint density at radius 2 is 1.89 bits per heavy atom. The maximum atomic E-state index is 12.5. The van der Waals surface area contributed by atoms with Crippen molar-refractivity contribution in [3.8, 4) is 0 Å². The first-order valence-corrected chi connectivity index (χ1v) is 6.47. The maximum absolute atomic E-state index is 12.5. The van der Waals surface area contributed by atoms with Crippen LogP contribution in [0.5, 0.6) is 0 Å². The van der Waals surface area contributed by atoms with Gasteiger partial charge in [-0.1, -0.05) is 13.3 Å². The Hall–Kier alpha value is -0.780. The van der Waals surface area contributed by atoms with E-state index in [1.165, 1.54) is 0 Å². The van der Waals surface area contributed by atoms with Crippen LogP contribution < -0.4 is 11.1 Å². The Labute approximate surface area is 105 Å². The van der Waals surface area contributed by atoms with Crippen molar-refractivity contribution in [2.24, 2.45) is 11.7 Å². The van der Waals surface area contributed by atoms with Gasteiger partial charge >= 0.3 is 6.18 Å². The molecule has 0 aromatic heterocycles. The number of hydrogen-bond acceptors (Lipinski definition) is 2. The molecule has 0 bridgehead atoms. The summed E-state index contributed by atoms with van der Waals surface area (Å²) < 4.78 is 37.4. The third-order valence-corrected chi connectivity index (χ3v) is 3.47. The molecule has 3 N–H and O–H groups in total. The van der Waals surface area contributed by atoms with Crippen molar-refractivity contribution >= 4 is 5.91 Å². The van der Waals surface area contributed by atoms with Crippen molar-refractivity contribution < 1.29 is 18.0 Å². The van der Waals surface area contributed by atoms with Crippen molar-refractivity contribution in [2.75, 3.05) is 0 Å². The van der Waals surface area contributed by atoms with Gasteiger partial charge in [0.2, 0.25) is 5.91 Å². The number of alkyl halides is 3. The van der Waals surface area contributed by atoms with Gasteiger partial charge in [0, 0.05) is 6.04 Å². The van der Waals surface area contributed by atoms with Crippen LogP contribution in [0.4, 0.5) is 13.2 Å². The Morgan fingerprint density at radius 1 is 1.33 bits per heavy atom. The van der Waals surface area contributed by atoms with E-state index >= 15 is 0 Å². The lowest BCUT2D eigenvalue weighted by Gasteiger charge is -2.30. The predicted octanol–water partition coefficient (Wildman–Crippen LogP) is 2.35. The molecule has 1 aliphatic carbocycles. The molecular weight excluding hydrogens is 245 g/mol. The van der Waals surface area contributed by atoms with Gasteiger partial charge in [-0.25, -0.2) is 0 Å². The van der Waals surface area contributed by atoms with E-state index in [1.54, 1.807) is 0 Å². The highest BCUT2D eigenvalue weighted by molar-refractivity contribution is 5.81. The fourth-order valence-electron chi connectivity index (χ4n) is 2.32. The van der Waals surface area contributed by atoms with Crippen molar-refractivity contribution in [3.63, 3.8) is 0 Å². The number of nitrogens with one attached hydrogen (secondary N) is 1. The zero-order chi connectivity index (χ0) is 13.8. The van der Waals surface area contributed by atoms with Gasteiger partial charge in [-0.3, -0.25) is 4.79 Å². The SMILES string of the molecule is CCCC(N)C(=O)NC1CCC(C(F)(F)F)CC1. The fourth-order valence-corrected chi connectivity index (χ4v) is 2.32. The number of amides is 1. The standard InChI is InChI=1S/C12H21F3N2O/c1-2-3-10(16)11(18)17-9-6-4-8(5-7-9)12(13,14)15/h8-10H,2-7,16H2,1H3,(H,17,18). The Balaban J connectivity index is 2.33. The van der Waals surface area contributed by atoms with Gasteiger partial charge < -0.3 is 11.1 Å². The lowest BCUT2D eigenvalue weighted by Crippen LogP contribution is -2.47. The second-order valence-electron chi connectivity index (χ2n) is 4.99. The minimum atomic E-state index is -4.10. The number of nitrogens with two attached hydrogens (primary N) is 1. The summed E-state index contributed by atoms with van der Waals surface area (Å²) in [4.78, 5) is 11.6. The highest BCUT2D eigenvalue weighted by Gasteiger charge is 2.41. The summed E-state index contributed by atoms with van der Waals surface area (Å²) in [6, 6.07) is -0.700. The average molecular weight is 266 g/mol. The third kappa shape index (κ3) is 4.48. The molecule has 3 nitrogen and oxygen atoms in total. The quantitative estimate of drug-likeness (QED) is 0.820. The largest absolute Gasteiger partial charge is 0.391 e. The first-order valence-electron chi connectivity index (χ1n) is 6.47. The lowest BCUT2D eigenvalue weighted by atomic mass is 9.85. The molecule has 1 rings (SSSR count). The van der Waals surface area contributed by atoms with Crippen LogP contribution in [0.1, 0.15) is 45.4 Å². The highest BCUT2D eigenvalue weighted by atomic mass is 19.4. The Morgan fingerprint density at radius 3 is 2.33 bits per heavy atom. The molecule has 0 aromatic rings. The summed E-state index contributed by atoms with van der Waals surface area (Å²) >= 11 is 0. The molecule has 1 saturated carbocycles. The molecule has 106 valence electrons. The normalized spacial score (nSPS) is 26.7. The van der Waals surface area contributed by atoms with E-state index in [4.69, 9.17) is 5.73 Å². The summed E-state index contributed by atoms with van der Waals surface area (Å²) in [7, 11) is 0. The van der Waals surface area contributed by atoms with Crippen molar-refractivity contribution in [1.29, 1.82) is 0 Å². The summed E-state index contributed by atoms with van der Waals surface area (Å²) in [6.07, 6.45) is -1.73. The van der Waals surface area contributed by atoms with Gasteiger partial charge in [0.15, 0.2) is 0 Å². The molecule has 1 fully saturated rings. The molecule has 0 aromatic carbocycles. The molecule has 18 heavy (non-hydrogen) atoms. The number of carbonyl (C=O) groups is 1. The van der Waals surface area contributed by atoms with Crippen LogP contribution in [-0.2, 0) is 4.79 Å². The van der Waals surface area contributed by atoms with E-state index in [-0.39, 0.29) is 24.8 Å². The van der Waals surface area contributed by atoms with Gasteiger partial charge in [0.05, 0.1) is 12.0 Å². The van der Waals surface area contributed by atoms with Gasteiger partial charge in [-0.2, -0.15) is 13.2 Å². The van der Waals surface area contributed by atoms with E-state index < -0.39 is 18.1 Å². The number of carbonyl (C=O) groups excluding carboxylic acids is 1. The molecule has 0 radical (unpaired) electrons. The van der Waals surface area contributed by atoms with E-state index in [1.807, 2.05) is 6.92 Å². The van der Waals surface area contributed by atoms with Gasteiger partial charge in [0.25, 0.3) is 0 Å². The van der Waals surface area contributed by atoms with Crippen LogP contribution in [0.3, 0.4) is 0 Å². The van der Waals surface area contributed by atoms with Crippen LogP contribution in [0, 0.1) is 5.92 Å². The zero-order valence-corrected chi connectivity index (χ0v) is 10.6. The molecule has 1 aliphatic rings. The fraction of sp³-hybridized carbons (Fsp3) is 0.917. The lowest BCUT2D eigenvalue weighted by molar-refractivity contribution is -0.182. The number of hydrogen-bond donors (Lipinski definition) is 2.